The third-order valence-corrected chi connectivity index (χ3v) is 1.85. The normalized spacial score (nSPS) is 15.1. The second-order valence-electron chi connectivity index (χ2n) is 3.12. The van der Waals surface area contributed by atoms with Crippen LogP contribution < -0.4 is 69.3 Å². The van der Waals surface area contributed by atoms with Gasteiger partial charge in [0.05, 0.1) is 12.0 Å². The summed E-state index contributed by atoms with van der Waals surface area (Å²) in [5.41, 5.74) is 0. The van der Waals surface area contributed by atoms with Crippen molar-refractivity contribution in [2.24, 2.45) is 0 Å². The minimum Gasteiger partial charge on any atom is -0.550 e. The van der Waals surface area contributed by atoms with E-state index in [1.807, 2.05) is 0 Å². The van der Waals surface area contributed by atoms with Crippen molar-refractivity contribution in [2.75, 3.05) is 0 Å². The summed E-state index contributed by atoms with van der Waals surface area (Å²) >= 11 is 0. The zero-order valence-electron chi connectivity index (χ0n) is 10.4. The molecule has 17 heavy (non-hydrogen) atoms. The molecule has 0 aromatic heterocycles. The topological polar surface area (TPSA) is 124 Å². The molecule has 0 rings (SSSR count). The van der Waals surface area contributed by atoms with Crippen molar-refractivity contribution in [2.45, 2.75) is 38.8 Å². The molecule has 0 fully saturated rings. The first-order valence-electron chi connectivity index (χ1n) is 4.31. The molecule has 2 unspecified atom stereocenters. The average Bonchev–Trinajstić information content (AvgIpc) is 2.00. The Morgan fingerprint density at radius 1 is 1.12 bits per heavy atom. The largest absolute Gasteiger partial charge is 1.00 e. The molecule has 7 nitrogen and oxygen atoms in total. The molecular weight excluding hydrogens is 252 g/mol. The summed E-state index contributed by atoms with van der Waals surface area (Å²) < 4.78 is 0. The van der Waals surface area contributed by atoms with Gasteiger partial charge in [-0.15, -0.1) is 0 Å². The molecule has 0 aliphatic heterocycles. The van der Waals surface area contributed by atoms with E-state index in [1.165, 1.54) is 13.8 Å². The molecule has 0 aliphatic rings. The summed E-state index contributed by atoms with van der Waals surface area (Å²) in [6.07, 6.45) is -3.49. The van der Waals surface area contributed by atoms with Gasteiger partial charge in [0.15, 0.2) is 0 Å². The predicted octanol–water partition coefficient (Wildman–Crippen LogP) is -9.77. The molecule has 3 atom stereocenters. The quantitative estimate of drug-likeness (QED) is 0.361. The van der Waals surface area contributed by atoms with Crippen molar-refractivity contribution in [3.8, 4) is 0 Å². The Hall–Kier alpha value is 0.820. The zero-order chi connectivity index (χ0) is 12.2. The molecule has 0 aliphatic carbocycles. The van der Waals surface area contributed by atoms with Crippen LogP contribution in [-0.2, 0) is 9.59 Å². The van der Waals surface area contributed by atoms with Crippen LogP contribution in [0.3, 0.4) is 0 Å². The molecule has 0 spiro atoms. The van der Waals surface area contributed by atoms with Crippen LogP contribution in [0.5, 0.6) is 0 Å². The summed E-state index contributed by atoms with van der Waals surface area (Å²) in [4.78, 5) is 21.6. The van der Waals surface area contributed by atoms with Gasteiger partial charge in [0.2, 0.25) is 0 Å². The number of aliphatic hydroxyl groups excluding tert-OH is 2. The van der Waals surface area contributed by atoms with E-state index in [2.05, 4.69) is 0 Å². The smallest absolute Gasteiger partial charge is 0.550 e. The molecule has 0 radical (unpaired) electrons. The van der Waals surface area contributed by atoms with E-state index in [0.29, 0.717) is 4.90 Å². The second kappa shape index (κ2) is 10.7. The Kier molecular flexibility index (Phi) is 14.5. The van der Waals surface area contributed by atoms with Crippen LogP contribution in [0, 0.1) is 0 Å². The summed E-state index contributed by atoms with van der Waals surface area (Å²) in [6.45, 7) is 2.41. The fraction of sp³-hybridized carbons (Fsp3) is 0.750. The van der Waals surface area contributed by atoms with Crippen molar-refractivity contribution in [3.05, 3.63) is 0 Å². The van der Waals surface area contributed by atoms with Crippen molar-refractivity contribution in [1.82, 2.24) is 4.90 Å². The van der Waals surface area contributed by atoms with Gasteiger partial charge < -0.3 is 30.0 Å². The summed E-state index contributed by atoms with van der Waals surface area (Å²) in [7, 11) is 0. The second-order valence-corrected chi connectivity index (χ2v) is 3.12. The van der Waals surface area contributed by atoms with Gasteiger partial charge in [-0.1, -0.05) is 0 Å². The van der Waals surface area contributed by atoms with E-state index >= 15 is 0 Å². The maximum atomic E-state index is 10.6. The Morgan fingerprint density at radius 3 is 1.65 bits per heavy atom. The maximum absolute atomic E-state index is 10.6. The van der Waals surface area contributed by atoms with Crippen LogP contribution in [0.4, 0.5) is 0 Å². The molecule has 0 aromatic rings. The molecule has 9 heteroatoms. The fourth-order valence-corrected chi connectivity index (χ4v) is 1.30. The molecule has 0 saturated heterocycles. The van der Waals surface area contributed by atoms with Crippen molar-refractivity contribution in [3.63, 3.8) is 0 Å². The van der Waals surface area contributed by atoms with Gasteiger partial charge in [-0.3, -0.25) is 0 Å². The number of nitrogens with zero attached hydrogens (tertiary/aromatic N) is 1. The van der Waals surface area contributed by atoms with Crippen LogP contribution >= 0.6 is 0 Å². The standard InChI is InChI=1S/C8H15NO6.2Na/c1-4(10)9(5(2)11)6(8(14)15)3-7(12)13;;/h4-6,10-11H,3H2,1-2H3,(H,12,13)(H,14,15);;/q;2*+1/p-2/t4?,5?,6-;;/m0../s1. The molecule has 0 aromatic carbocycles. The molecule has 0 saturated carbocycles. The number of aliphatic hydroxyl groups is 2. The number of carbonyl (C=O) groups excluding carboxylic acids is 2. The van der Waals surface area contributed by atoms with Crippen LogP contribution in [0.25, 0.3) is 0 Å². The van der Waals surface area contributed by atoms with Crippen molar-refractivity contribution in [1.29, 1.82) is 0 Å². The van der Waals surface area contributed by atoms with Gasteiger partial charge in [-0.05, 0) is 13.8 Å². The van der Waals surface area contributed by atoms with Gasteiger partial charge in [0.25, 0.3) is 0 Å². The Balaban J connectivity index is -0.000000980. The number of carboxylic acid groups (broad SMARTS) is 2. The molecule has 0 heterocycles. The third kappa shape index (κ3) is 8.52. The fourth-order valence-electron chi connectivity index (χ4n) is 1.30. The molecule has 88 valence electrons. The van der Waals surface area contributed by atoms with E-state index in [1.54, 1.807) is 0 Å². The summed E-state index contributed by atoms with van der Waals surface area (Å²) in [6, 6.07) is -1.63. The Labute approximate surface area is 143 Å². The van der Waals surface area contributed by atoms with E-state index in [4.69, 9.17) is 0 Å². The molecule has 0 amide bonds. The summed E-state index contributed by atoms with van der Waals surface area (Å²) in [5, 5.41) is 39.2. The SMILES string of the molecule is CC(O)N(C(C)O)[C@@H](CC(=O)[O-])C(=O)[O-].[Na+].[Na+]. The number of aliphatic carboxylic acids is 2. The van der Waals surface area contributed by atoms with E-state index in [0.717, 1.165) is 0 Å². The number of hydrogen-bond acceptors (Lipinski definition) is 7. The minimum absolute atomic E-state index is 0. The van der Waals surface area contributed by atoms with Crippen molar-refractivity contribution < 1.29 is 89.1 Å². The number of hydrogen-bond donors (Lipinski definition) is 2. The van der Waals surface area contributed by atoms with Crippen molar-refractivity contribution >= 4 is 11.9 Å². The minimum atomic E-state index is -1.69. The molecule has 2 N–H and O–H groups in total. The number of rotatable bonds is 6. The maximum Gasteiger partial charge on any atom is 1.00 e. The van der Waals surface area contributed by atoms with E-state index in [9.17, 15) is 30.0 Å². The van der Waals surface area contributed by atoms with Gasteiger partial charge >= 0.3 is 59.1 Å². The first kappa shape index (κ1) is 23.0. The van der Waals surface area contributed by atoms with Gasteiger partial charge in [0, 0.05) is 12.4 Å². The molecular formula is C8H13NNa2O6. The Morgan fingerprint density at radius 2 is 1.47 bits per heavy atom. The first-order valence-corrected chi connectivity index (χ1v) is 4.31. The van der Waals surface area contributed by atoms with Gasteiger partial charge in [0.1, 0.15) is 12.5 Å². The van der Waals surface area contributed by atoms with E-state index < -0.39 is 36.9 Å². The van der Waals surface area contributed by atoms with Crippen LogP contribution in [-0.4, -0.2) is 45.5 Å². The van der Waals surface area contributed by atoms with Gasteiger partial charge in [-0.2, -0.15) is 0 Å². The van der Waals surface area contributed by atoms with Crippen LogP contribution in [0.2, 0.25) is 0 Å². The van der Waals surface area contributed by atoms with Crippen LogP contribution in [0.15, 0.2) is 0 Å². The molecule has 0 bridgehead atoms. The third-order valence-electron chi connectivity index (χ3n) is 1.85. The number of carbonyl (C=O) groups is 2. The zero-order valence-corrected chi connectivity index (χ0v) is 14.4. The van der Waals surface area contributed by atoms with E-state index in [-0.39, 0.29) is 59.1 Å². The predicted molar refractivity (Wildman–Crippen MR) is 43.6 cm³/mol. The first-order chi connectivity index (χ1) is 6.77. The Bertz CT molecular complexity index is 240. The average molecular weight is 265 g/mol. The summed E-state index contributed by atoms with van der Waals surface area (Å²) in [5.74, 6) is -3.29. The van der Waals surface area contributed by atoms with Gasteiger partial charge in [-0.25, -0.2) is 4.90 Å². The number of carboxylic acids is 2. The van der Waals surface area contributed by atoms with Crippen LogP contribution in [0.1, 0.15) is 20.3 Å². The monoisotopic (exact) mass is 265 g/mol.